The van der Waals surface area contributed by atoms with Crippen LogP contribution in [0.4, 0.5) is 5.69 Å². The second-order valence-corrected chi connectivity index (χ2v) is 5.53. The van der Waals surface area contributed by atoms with Crippen LogP contribution in [0.15, 0.2) is 18.2 Å². The Morgan fingerprint density at radius 2 is 2.21 bits per heavy atom. The Kier molecular flexibility index (Phi) is 4.66. The summed E-state index contributed by atoms with van der Waals surface area (Å²) in [6.45, 7) is 6.27. The van der Waals surface area contributed by atoms with Crippen molar-refractivity contribution in [3.05, 3.63) is 23.8 Å². The Labute approximate surface area is 116 Å². The van der Waals surface area contributed by atoms with Crippen molar-refractivity contribution in [2.45, 2.75) is 13.0 Å². The summed E-state index contributed by atoms with van der Waals surface area (Å²) in [5.74, 6) is 0.969. The number of aryl methyl sites for hydroxylation is 1. The van der Waals surface area contributed by atoms with Crippen LogP contribution >= 0.6 is 0 Å². The predicted octanol–water partition coefficient (Wildman–Crippen LogP) is 1.34. The van der Waals surface area contributed by atoms with Gasteiger partial charge in [-0.25, -0.2) is 0 Å². The van der Waals surface area contributed by atoms with Gasteiger partial charge in [-0.1, -0.05) is 6.07 Å². The van der Waals surface area contributed by atoms with Gasteiger partial charge in [0.15, 0.2) is 0 Å². The van der Waals surface area contributed by atoms with Crippen LogP contribution in [-0.2, 0) is 0 Å². The van der Waals surface area contributed by atoms with E-state index in [0.29, 0.717) is 6.04 Å². The molecular formula is C15H25N3O. The molecule has 0 spiro atoms. The number of nitrogens with zero attached hydrogens (tertiary/aromatic N) is 2. The standard InChI is InChI=1S/C15H25N3O/c1-12-5-6-15(19-4)14(9-12)18-8-7-16-13(11-18)10-17(2)3/h5-6,9,13,16H,7-8,10-11H2,1-4H3. The van der Waals surface area contributed by atoms with Crippen LogP contribution in [0.5, 0.6) is 5.75 Å². The van der Waals surface area contributed by atoms with Gasteiger partial charge in [-0.2, -0.15) is 0 Å². The molecule has 0 bridgehead atoms. The molecule has 0 aromatic heterocycles. The topological polar surface area (TPSA) is 27.7 Å². The van der Waals surface area contributed by atoms with Crippen LogP contribution in [0.2, 0.25) is 0 Å². The highest BCUT2D eigenvalue weighted by Crippen LogP contribution is 2.29. The lowest BCUT2D eigenvalue weighted by Crippen LogP contribution is -2.54. The lowest BCUT2D eigenvalue weighted by atomic mass is 10.1. The molecule has 0 amide bonds. The minimum absolute atomic E-state index is 0.508. The number of anilines is 1. The fourth-order valence-corrected chi connectivity index (χ4v) is 2.65. The molecule has 4 nitrogen and oxygen atoms in total. The van der Waals surface area contributed by atoms with Gasteiger partial charge in [0.05, 0.1) is 12.8 Å². The molecule has 106 valence electrons. The first kappa shape index (κ1) is 14.2. The van der Waals surface area contributed by atoms with E-state index in [1.165, 1.54) is 11.3 Å². The molecule has 1 N–H and O–H groups in total. The summed E-state index contributed by atoms with van der Waals surface area (Å²) >= 11 is 0. The van der Waals surface area contributed by atoms with E-state index in [-0.39, 0.29) is 0 Å². The summed E-state index contributed by atoms with van der Waals surface area (Å²) in [6, 6.07) is 6.89. The van der Waals surface area contributed by atoms with E-state index in [1.54, 1.807) is 7.11 Å². The van der Waals surface area contributed by atoms with Gasteiger partial charge in [-0.3, -0.25) is 0 Å². The fraction of sp³-hybridized carbons (Fsp3) is 0.600. The van der Waals surface area contributed by atoms with Gasteiger partial charge in [0.2, 0.25) is 0 Å². The SMILES string of the molecule is COc1ccc(C)cc1N1CCNC(CN(C)C)C1. The van der Waals surface area contributed by atoms with E-state index in [9.17, 15) is 0 Å². The molecule has 0 saturated carbocycles. The monoisotopic (exact) mass is 263 g/mol. The van der Waals surface area contributed by atoms with Crippen LogP contribution in [0, 0.1) is 6.92 Å². The third-order valence-electron chi connectivity index (χ3n) is 3.52. The summed E-state index contributed by atoms with van der Waals surface area (Å²) < 4.78 is 5.50. The normalized spacial score (nSPS) is 19.8. The van der Waals surface area contributed by atoms with Crippen LogP contribution in [0.1, 0.15) is 5.56 Å². The molecule has 1 aliphatic rings. The smallest absolute Gasteiger partial charge is 0.142 e. The van der Waals surface area contributed by atoms with Crippen molar-refractivity contribution in [1.82, 2.24) is 10.2 Å². The molecule has 1 saturated heterocycles. The lowest BCUT2D eigenvalue weighted by molar-refractivity contribution is 0.322. The van der Waals surface area contributed by atoms with E-state index in [4.69, 9.17) is 4.74 Å². The Bertz CT molecular complexity index is 420. The molecule has 1 aromatic rings. The van der Waals surface area contributed by atoms with E-state index >= 15 is 0 Å². The van der Waals surface area contributed by atoms with Crippen molar-refractivity contribution in [3.8, 4) is 5.75 Å². The molecule has 1 heterocycles. The molecule has 0 aliphatic carbocycles. The quantitative estimate of drug-likeness (QED) is 0.887. The highest BCUT2D eigenvalue weighted by molar-refractivity contribution is 5.60. The van der Waals surface area contributed by atoms with Crippen molar-refractivity contribution in [2.24, 2.45) is 0 Å². The summed E-state index contributed by atoms with van der Waals surface area (Å²) in [4.78, 5) is 4.66. The van der Waals surface area contributed by atoms with Crippen molar-refractivity contribution < 1.29 is 4.74 Å². The highest BCUT2D eigenvalue weighted by Gasteiger charge is 2.22. The van der Waals surface area contributed by atoms with Gasteiger partial charge < -0.3 is 19.9 Å². The largest absolute Gasteiger partial charge is 0.495 e. The number of hydrogen-bond acceptors (Lipinski definition) is 4. The molecule has 19 heavy (non-hydrogen) atoms. The first-order valence-electron chi connectivity index (χ1n) is 6.88. The molecule has 1 fully saturated rings. The fourth-order valence-electron chi connectivity index (χ4n) is 2.65. The van der Waals surface area contributed by atoms with Crippen LogP contribution in [0.25, 0.3) is 0 Å². The zero-order valence-electron chi connectivity index (χ0n) is 12.4. The first-order chi connectivity index (χ1) is 9.10. The molecule has 1 aromatic carbocycles. The average Bonchev–Trinajstić information content (AvgIpc) is 2.38. The predicted molar refractivity (Wildman–Crippen MR) is 80.3 cm³/mol. The molecule has 2 rings (SSSR count). The molecule has 0 radical (unpaired) electrons. The Balaban J connectivity index is 2.14. The van der Waals surface area contributed by atoms with Crippen LogP contribution < -0.4 is 15.0 Å². The number of methoxy groups -OCH3 is 1. The second-order valence-electron chi connectivity index (χ2n) is 5.53. The highest BCUT2D eigenvalue weighted by atomic mass is 16.5. The minimum atomic E-state index is 0.508. The summed E-state index contributed by atoms with van der Waals surface area (Å²) in [7, 11) is 5.98. The van der Waals surface area contributed by atoms with Gasteiger partial charge in [-0.15, -0.1) is 0 Å². The maximum atomic E-state index is 5.50. The molecule has 1 aliphatic heterocycles. The van der Waals surface area contributed by atoms with Gasteiger partial charge in [0.25, 0.3) is 0 Å². The Morgan fingerprint density at radius 1 is 1.42 bits per heavy atom. The maximum absolute atomic E-state index is 5.50. The van der Waals surface area contributed by atoms with Gasteiger partial charge in [0, 0.05) is 32.2 Å². The van der Waals surface area contributed by atoms with Gasteiger partial charge in [-0.05, 0) is 38.7 Å². The van der Waals surface area contributed by atoms with Gasteiger partial charge in [0.1, 0.15) is 5.75 Å². The maximum Gasteiger partial charge on any atom is 0.142 e. The summed E-state index contributed by atoms with van der Waals surface area (Å²) in [5.41, 5.74) is 2.49. The van der Waals surface area contributed by atoms with Crippen LogP contribution in [-0.4, -0.2) is 58.3 Å². The number of benzene rings is 1. The first-order valence-corrected chi connectivity index (χ1v) is 6.88. The third-order valence-corrected chi connectivity index (χ3v) is 3.52. The molecule has 1 unspecified atom stereocenters. The van der Waals surface area contributed by atoms with E-state index in [1.807, 2.05) is 0 Å². The number of rotatable bonds is 4. The minimum Gasteiger partial charge on any atom is -0.495 e. The Morgan fingerprint density at radius 3 is 2.89 bits per heavy atom. The number of nitrogens with one attached hydrogen (secondary N) is 1. The second kappa shape index (κ2) is 6.26. The molecule has 1 atom stereocenters. The lowest BCUT2D eigenvalue weighted by Gasteiger charge is -2.37. The van der Waals surface area contributed by atoms with E-state index in [0.717, 1.165) is 31.9 Å². The zero-order chi connectivity index (χ0) is 13.8. The van der Waals surface area contributed by atoms with Crippen molar-refractivity contribution >= 4 is 5.69 Å². The van der Waals surface area contributed by atoms with Gasteiger partial charge >= 0.3 is 0 Å². The van der Waals surface area contributed by atoms with Crippen molar-refractivity contribution in [2.75, 3.05) is 52.3 Å². The number of hydrogen-bond donors (Lipinski definition) is 1. The molecule has 4 heteroatoms. The Hall–Kier alpha value is -1.26. The van der Waals surface area contributed by atoms with Crippen molar-refractivity contribution in [3.63, 3.8) is 0 Å². The average molecular weight is 263 g/mol. The van der Waals surface area contributed by atoms with Crippen molar-refractivity contribution in [1.29, 1.82) is 0 Å². The summed E-state index contributed by atoms with van der Waals surface area (Å²) in [6.07, 6.45) is 0. The van der Waals surface area contributed by atoms with E-state index < -0.39 is 0 Å². The van der Waals surface area contributed by atoms with Crippen LogP contribution in [0.3, 0.4) is 0 Å². The van der Waals surface area contributed by atoms with E-state index in [2.05, 4.69) is 54.3 Å². The number of likely N-dealkylation sites (N-methyl/N-ethyl adjacent to an activating group) is 1. The molecular weight excluding hydrogens is 238 g/mol. The third kappa shape index (κ3) is 3.61. The zero-order valence-corrected chi connectivity index (χ0v) is 12.4. The number of ether oxygens (including phenoxy) is 1. The summed E-state index contributed by atoms with van der Waals surface area (Å²) in [5, 5.41) is 3.58. The number of piperazine rings is 1.